The standard InChI is InChI=1S/C21H23FN8O/c1-31-5-4-30(11-13-6-14(22)7-18-15(13)10-25-27-18)21-24-9-16(20(23)26-21)19-8-17(28-29-19)12-2-3-12/h6-10,12H,2-5,11H2,1H3,(H,25,27)(H,28,29)(H2,23,24,26). The van der Waals surface area contributed by atoms with Gasteiger partial charge in [-0.15, -0.1) is 0 Å². The molecule has 0 bridgehead atoms. The summed E-state index contributed by atoms with van der Waals surface area (Å²) in [5, 5.41) is 15.1. The number of nitrogens with two attached hydrogens (primary N) is 1. The maximum Gasteiger partial charge on any atom is 0.227 e. The van der Waals surface area contributed by atoms with E-state index in [0.717, 1.165) is 22.3 Å². The lowest BCUT2D eigenvalue weighted by Gasteiger charge is -2.23. The van der Waals surface area contributed by atoms with Gasteiger partial charge in [0, 0.05) is 43.4 Å². The summed E-state index contributed by atoms with van der Waals surface area (Å²) in [6, 6.07) is 4.93. The average Bonchev–Trinajstić information content (AvgIpc) is 3.29. The van der Waals surface area contributed by atoms with E-state index in [9.17, 15) is 4.39 Å². The minimum absolute atomic E-state index is 0.334. The first kappa shape index (κ1) is 19.4. The molecule has 10 heteroatoms. The Balaban J connectivity index is 1.45. The Morgan fingerprint density at radius 3 is 2.87 bits per heavy atom. The normalized spacial score (nSPS) is 13.7. The van der Waals surface area contributed by atoms with Gasteiger partial charge in [-0.05, 0) is 36.6 Å². The van der Waals surface area contributed by atoms with Crippen molar-refractivity contribution in [3.05, 3.63) is 47.7 Å². The van der Waals surface area contributed by atoms with Crippen molar-refractivity contribution in [1.82, 2.24) is 30.4 Å². The summed E-state index contributed by atoms with van der Waals surface area (Å²) in [6.45, 7) is 1.35. The monoisotopic (exact) mass is 422 g/mol. The van der Waals surface area contributed by atoms with Crippen LogP contribution in [0.2, 0.25) is 0 Å². The third-order valence-corrected chi connectivity index (χ3v) is 5.51. The number of fused-ring (bicyclic) bond motifs is 1. The molecular formula is C21H23FN8O. The second-order valence-electron chi connectivity index (χ2n) is 7.76. The van der Waals surface area contributed by atoms with E-state index in [1.54, 1.807) is 19.5 Å². The molecule has 3 heterocycles. The van der Waals surface area contributed by atoms with Crippen molar-refractivity contribution >= 4 is 22.7 Å². The zero-order chi connectivity index (χ0) is 21.4. The van der Waals surface area contributed by atoms with Crippen LogP contribution in [0.25, 0.3) is 22.2 Å². The number of methoxy groups -OCH3 is 1. The molecule has 5 rings (SSSR count). The summed E-state index contributed by atoms with van der Waals surface area (Å²) < 4.78 is 19.3. The summed E-state index contributed by atoms with van der Waals surface area (Å²) in [4.78, 5) is 11.0. The van der Waals surface area contributed by atoms with Crippen molar-refractivity contribution in [2.24, 2.45) is 0 Å². The molecule has 0 atom stereocenters. The van der Waals surface area contributed by atoms with Crippen LogP contribution in [0.15, 0.2) is 30.6 Å². The lowest BCUT2D eigenvalue weighted by molar-refractivity contribution is 0.204. The van der Waals surface area contributed by atoms with Crippen molar-refractivity contribution in [1.29, 1.82) is 0 Å². The number of halogens is 1. The largest absolute Gasteiger partial charge is 0.383 e. The first-order valence-corrected chi connectivity index (χ1v) is 10.2. The summed E-state index contributed by atoms with van der Waals surface area (Å²) in [6.07, 6.45) is 5.74. The van der Waals surface area contributed by atoms with Crippen LogP contribution < -0.4 is 10.6 Å². The van der Waals surface area contributed by atoms with Crippen LogP contribution in [0.4, 0.5) is 16.2 Å². The number of H-pyrrole nitrogens is 2. The van der Waals surface area contributed by atoms with Crippen molar-refractivity contribution in [2.75, 3.05) is 30.9 Å². The third kappa shape index (κ3) is 3.93. The number of benzene rings is 1. The van der Waals surface area contributed by atoms with Crippen LogP contribution in [-0.2, 0) is 11.3 Å². The third-order valence-electron chi connectivity index (χ3n) is 5.51. The van der Waals surface area contributed by atoms with Gasteiger partial charge in [-0.25, -0.2) is 9.37 Å². The number of rotatable bonds is 8. The quantitative estimate of drug-likeness (QED) is 0.399. The Kier molecular flexibility index (Phi) is 4.99. The van der Waals surface area contributed by atoms with Crippen molar-refractivity contribution in [2.45, 2.75) is 25.3 Å². The molecule has 160 valence electrons. The second-order valence-corrected chi connectivity index (χ2v) is 7.76. The molecule has 0 aliphatic heterocycles. The maximum atomic E-state index is 14.1. The van der Waals surface area contributed by atoms with E-state index in [1.165, 1.54) is 25.0 Å². The zero-order valence-corrected chi connectivity index (χ0v) is 17.1. The molecule has 0 saturated heterocycles. The van der Waals surface area contributed by atoms with Gasteiger partial charge in [-0.2, -0.15) is 15.2 Å². The molecule has 9 nitrogen and oxygen atoms in total. The summed E-state index contributed by atoms with van der Waals surface area (Å²) in [7, 11) is 1.63. The van der Waals surface area contributed by atoms with Gasteiger partial charge in [0.25, 0.3) is 0 Å². The van der Waals surface area contributed by atoms with Crippen LogP contribution >= 0.6 is 0 Å². The Bertz CT molecular complexity index is 1220. The van der Waals surface area contributed by atoms with E-state index in [1.807, 2.05) is 11.0 Å². The molecule has 3 aromatic heterocycles. The summed E-state index contributed by atoms with van der Waals surface area (Å²) >= 11 is 0. The number of aromatic nitrogens is 6. The molecule has 0 amide bonds. The van der Waals surface area contributed by atoms with Crippen LogP contribution in [0, 0.1) is 5.82 Å². The number of hydrogen-bond acceptors (Lipinski definition) is 7. The first-order valence-electron chi connectivity index (χ1n) is 10.2. The molecule has 0 unspecified atom stereocenters. The molecule has 0 radical (unpaired) electrons. The van der Waals surface area contributed by atoms with Crippen LogP contribution in [-0.4, -0.2) is 50.6 Å². The van der Waals surface area contributed by atoms with Gasteiger partial charge in [0.2, 0.25) is 5.95 Å². The van der Waals surface area contributed by atoms with E-state index >= 15 is 0 Å². The maximum absolute atomic E-state index is 14.1. The van der Waals surface area contributed by atoms with Crippen molar-refractivity contribution in [3.8, 4) is 11.3 Å². The molecule has 1 aliphatic rings. The number of ether oxygens (including phenoxy) is 1. The average molecular weight is 422 g/mol. The molecular weight excluding hydrogens is 399 g/mol. The van der Waals surface area contributed by atoms with Crippen LogP contribution in [0.3, 0.4) is 0 Å². The number of nitrogen functional groups attached to an aromatic ring is 1. The van der Waals surface area contributed by atoms with Gasteiger partial charge >= 0.3 is 0 Å². The topological polar surface area (TPSA) is 122 Å². The highest BCUT2D eigenvalue weighted by Gasteiger charge is 2.26. The fraction of sp³-hybridized carbons (Fsp3) is 0.333. The van der Waals surface area contributed by atoms with Gasteiger partial charge in [0.05, 0.1) is 29.6 Å². The Hall–Kier alpha value is -3.53. The number of aromatic amines is 2. The predicted octanol–water partition coefficient (Wildman–Crippen LogP) is 2.99. The number of anilines is 2. The smallest absolute Gasteiger partial charge is 0.227 e. The van der Waals surface area contributed by atoms with E-state index in [0.29, 0.717) is 48.5 Å². The minimum atomic E-state index is -0.334. The van der Waals surface area contributed by atoms with Crippen LogP contribution in [0.5, 0.6) is 0 Å². The Morgan fingerprint density at radius 2 is 2.10 bits per heavy atom. The van der Waals surface area contributed by atoms with Crippen molar-refractivity contribution < 1.29 is 9.13 Å². The molecule has 1 aromatic carbocycles. The van der Waals surface area contributed by atoms with Gasteiger partial charge in [-0.1, -0.05) is 0 Å². The lowest BCUT2D eigenvalue weighted by Crippen LogP contribution is -2.29. The molecule has 4 aromatic rings. The highest BCUT2D eigenvalue weighted by molar-refractivity contribution is 5.82. The van der Waals surface area contributed by atoms with Gasteiger partial charge in [-0.3, -0.25) is 10.2 Å². The predicted molar refractivity (Wildman–Crippen MR) is 115 cm³/mol. The van der Waals surface area contributed by atoms with Gasteiger partial charge in [0.15, 0.2) is 0 Å². The molecule has 31 heavy (non-hydrogen) atoms. The highest BCUT2D eigenvalue weighted by Crippen LogP contribution is 2.40. The fourth-order valence-corrected chi connectivity index (χ4v) is 3.69. The van der Waals surface area contributed by atoms with Gasteiger partial charge < -0.3 is 15.4 Å². The minimum Gasteiger partial charge on any atom is -0.383 e. The Labute approximate surface area is 177 Å². The number of hydrogen-bond donors (Lipinski definition) is 3. The SMILES string of the molecule is COCCN(Cc1cc(F)cc2[nH]ncc12)c1ncc(-c2cc(C3CC3)[nH]n2)c(N)n1. The fourth-order valence-electron chi connectivity index (χ4n) is 3.69. The van der Waals surface area contributed by atoms with Crippen LogP contribution in [0.1, 0.15) is 30.0 Å². The lowest BCUT2D eigenvalue weighted by atomic mass is 10.1. The first-order chi connectivity index (χ1) is 15.1. The molecule has 0 spiro atoms. The van der Waals surface area contributed by atoms with Crippen molar-refractivity contribution in [3.63, 3.8) is 0 Å². The molecule has 1 fully saturated rings. The van der Waals surface area contributed by atoms with E-state index in [2.05, 4.69) is 30.4 Å². The molecule has 4 N–H and O–H groups in total. The Morgan fingerprint density at radius 1 is 1.23 bits per heavy atom. The number of nitrogens with zero attached hydrogens (tertiary/aromatic N) is 5. The molecule has 1 saturated carbocycles. The van der Waals surface area contributed by atoms with Gasteiger partial charge in [0.1, 0.15) is 11.6 Å². The second kappa shape index (κ2) is 7.95. The highest BCUT2D eigenvalue weighted by atomic mass is 19.1. The zero-order valence-electron chi connectivity index (χ0n) is 17.1. The summed E-state index contributed by atoms with van der Waals surface area (Å²) in [5.41, 5.74) is 10.2. The van der Waals surface area contributed by atoms with E-state index in [-0.39, 0.29) is 5.82 Å². The molecule has 1 aliphatic carbocycles. The summed E-state index contributed by atoms with van der Waals surface area (Å²) in [5.74, 6) is 1.02. The van der Waals surface area contributed by atoms with E-state index in [4.69, 9.17) is 10.5 Å². The number of nitrogens with one attached hydrogen (secondary N) is 2. The van der Waals surface area contributed by atoms with E-state index < -0.39 is 0 Å².